The van der Waals surface area contributed by atoms with Gasteiger partial charge in [0.05, 0.1) is 0 Å². The summed E-state index contributed by atoms with van der Waals surface area (Å²) in [7, 11) is 1.90. The van der Waals surface area contributed by atoms with E-state index in [0.717, 1.165) is 0 Å². The van der Waals surface area contributed by atoms with Crippen LogP contribution in [0.25, 0.3) is 0 Å². The van der Waals surface area contributed by atoms with Crippen molar-refractivity contribution in [1.82, 2.24) is 5.32 Å². The van der Waals surface area contributed by atoms with E-state index in [0.29, 0.717) is 0 Å². The first-order chi connectivity index (χ1) is 5.66. The maximum atomic E-state index is 11.1. The van der Waals surface area contributed by atoms with Gasteiger partial charge >= 0.3 is 0 Å². The number of nitrogens with two attached hydrogens (primary N) is 1. The minimum Gasteiger partial charge on any atom is -0.369 e. The molecule has 0 aromatic rings. The molecule has 0 saturated heterocycles. The standard InChI is InChI=1S/C10H22N2O/c1-7(8(11)13)9(2,3)10(4,5)12-6/h7,12H,1-6H3,(H2,11,13). The molecule has 0 aromatic heterocycles. The van der Waals surface area contributed by atoms with Crippen LogP contribution in [0.15, 0.2) is 0 Å². The highest BCUT2D eigenvalue weighted by molar-refractivity contribution is 5.77. The number of primary amides is 1. The van der Waals surface area contributed by atoms with E-state index in [9.17, 15) is 4.79 Å². The highest BCUT2D eigenvalue weighted by Crippen LogP contribution is 2.37. The molecule has 1 amide bonds. The Morgan fingerprint density at radius 2 is 1.69 bits per heavy atom. The third-order valence-corrected chi connectivity index (χ3v) is 3.75. The topological polar surface area (TPSA) is 55.1 Å². The van der Waals surface area contributed by atoms with Gasteiger partial charge in [0.15, 0.2) is 0 Å². The number of nitrogens with one attached hydrogen (secondary N) is 1. The Morgan fingerprint density at radius 1 is 1.31 bits per heavy atom. The molecule has 0 heterocycles. The molecule has 0 radical (unpaired) electrons. The highest BCUT2D eigenvalue weighted by atomic mass is 16.1. The maximum absolute atomic E-state index is 11.1. The Labute approximate surface area is 81.1 Å². The molecule has 3 N–H and O–H groups in total. The van der Waals surface area contributed by atoms with Crippen LogP contribution < -0.4 is 11.1 Å². The molecule has 3 nitrogen and oxygen atoms in total. The van der Waals surface area contributed by atoms with Gasteiger partial charge in [0.1, 0.15) is 0 Å². The van der Waals surface area contributed by atoms with Gasteiger partial charge in [-0.3, -0.25) is 4.79 Å². The number of hydrogen-bond donors (Lipinski definition) is 2. The van der Waals surface area contributed by atoms with Crippen LogP contribution in [-0.2, 0) is 4.79 Å². The molecule has 0 saturated carbocycles. The lowest BCUT2D eigenvalue weighted by Gasteiger charge is -2.44. The lowest BCUT2D eigenvalue weighted by molar-refractivity contribution is -0.126. The second kappa shape index (κ2) is 3.66. The smallest absolute Gasteiger partial charge is 0.220 e. The Hall–Kier alpha value is -0.570. The molecule has 0 spiro atoms. The van der Waals surface area contributed by atoms with Gasteiger partial charge in [-0.05, 0) is 26.3 Å². The summed E-state index contributed by atoms with van der Waals surface area (Å²) in [5.74, 6) is -0.386. The second-order valence-electron chi connectivity index (χ2n) is 4.72. The van der Waals surface area contributed by atoms with Crippen LogP contribution in [0.4, 0.5) is 0 Å². The van der Waals surface area contributed by atoms with Crippen LogP contribution in [0.5, 0.6) is 0 Å². The van der Waals surface area contributed by atoms with Crippen molar-refractivity contribution in [2.24, 2.45) is 17.1 Å². The van der Waals surface area contributed by atoms with Crippen molar-refractivity contribution >= 4 is 5.91 Å². The van der Waals surface area contributed by atoms with Gasteiger partial charge in [-0.25, -0.2) is 0 Å². The summed E-state index contributed by atoms with van der Waals surface area (Å²) in [6.07, 6.45) is 0. The molecule has 0 aliphatic carbocycles. The zero-order chi connectivity index (χ0) is 10.9. The van der Waals surface area contributed by atoms with Crippen molar-refractivity contribution in [3.63, 3.8) is 0 Å². The number of amides is 1. The molecule has 1 unspecified atom stereocenters. The monoisotopic (exact) mass is 186 g/mol. The van der Waals surface area contributed by atoms with Crippen LogP contribution in [0.2, 0.25) is 0 Å². The molecule has 3 heteroatoms. The van der Waals surface area contributed by atoms with E-state index in [1.54, 1.807) is 0 Å². The summed E-state index contributed by atoms with van der Waals surface area (Å²) in [4.78, 5) is 11.1. The van der Waals surface area contributed by atoms with Crippen molar-refractivity contribution in [3.8, 4) is 0 Å². The van der Waals surface area contributed by atoms with Crippen LogP contribution in [0, 0.1) is 11.3 Å². The van der Waals surface area contributed by atoms with Gasteiger partial charge in [-0.1, -0.05) is 20.8 Å². The van der Waals surface area contributed by atoms with E-state index in [4.69, 9.17) is 5.73 Å². The van der Waals surface area contributed by atoms with Gasteiger partial charge in [0.25, 0.3) is 0 Å². The predicted molar refractivity (Wildman–Crippen MR) is 55.3 cm³/mol. The quantitative estimate of drug-likeness (QED) is 0.691. The average molecular weight is 186 g/mol. The van der Waals surface area contributed by atoms with Crippen molar-refractivity contribution in [3.05, 3.63) is 0 Å². The third-order valence-electron chi connectivity index (χ3n) is 3.75. The number of rotatable bonds is 4. The molecule has 0 rings (SSSR count). The summed E-state index contributed by atoms with van der Waals surface area (Å²) in [5, 5.41) is 3.21. The van der Waals surface area contributed by atoms with Crippen molar-refractivity contribution in [2.75, 3.05) is 7.05 Å². The fourth-order valence-corrected chi connectivity index (χ4v) is 1.22. The minimum absolute atomic E-state index is 0.110. The summed E-state index contributed by atoms with van der Waals surface area (Å²) < 4.78 is 0. The van der Waals surface area contributed by atoms with Gasteiger partial charge in [-0.2, -0.15) is 0 Å². The normalized spacial score (nSPS) is 15.5. The van der Waals surface area contributed by atoms with Crippen LogP contribution in [-0.4, -0.2) is 18.5 Å². The Balaban J connectivity index is 4.84. The van der Waals surface area contributed by atoms with Crippen molar-refractivity contribution < 1.29 is 4.79 Å². The largest absolute Gasteiger partial charge is 0.369 e. The summed E-state index contributed by atoms with van der Waals surface area (Å²) in [6.45, 7) is 10.1. The van der Waals surface area contributed by atoms with Crippen LogP contribution >= 0.6 is 0 Å². The molecule has 0 aromatic carbocycles. The third kappa shape index (κ3) is 2.21. The van der Waals surface area contributed by atoms with E-state index in [1.807, 2.05) is 14.0 Å². The zero-order valence-electron chi connectivity index (χ0n) is 9.56. The Morgan fingerprint density at radius 3 is 1.92 bits per heavy atom. The van der Waals surface area contributed by atoms with E-state index in [2.05, 4.69) is 33.0 Å². The molecular weight excluding hydrogens is 164 g/mol. The zero-order valence-corrected chi connectivity index (χ0v) is 9.56. The molecule has 0 aliphatic heterocycles. The molecule has 1 atom stereocenters. The van der Waals surface area contributed by atoms with Crippen molar-refractivity contribution in [1.29, 1.82) is 0 Å². The highest BCUT2D eigenvalue weighted by Gasteiger charge is 2.42. The van der Waals surface area contributed by atoms with Crippen LogP contribution in [0.3, 0.4) is 0 Å². The molecule has 0 aliphatic rings. The van der Waals surface area contributed by atoms with Gasteiger partial charge in [0.2, 0.25) is 5.91 Å². The average Bonchev–Trinajstić information content (AvgIpc) is 2.02. The molecule has 13 heavy (non-hydrogen) atoms. The summed E-state index contributed by atoms with van der Waals surface area (Å²) in [5.41, 5.74) is 5.04. The maximum Gasteiger partial charge on any atom is 0.220 e. The van der Waals surface area contributed by atoms with E-state index < -0.39 is 0 Å². The molecule has 0 fully saturated rings. The Bertz CT molecular complexity index is 197. The summed E-state index contributed by atoms with van der Waals surface area (Å²) >= 11 is 0. The number of hydrogen-bond acceptors (Lipinski definition) is 2. The Kier molecular flexibility index (Phi) is 3.50. The van der Waals surface area contributed by atoms with Crippen molar-refractivity contribution in [2.45, 2.75) is 40.2 Å². The van der Waals surface area contributed by atoms with E-state index in [1.165, 1.54) is 0 Å². The second-order valence-corrected chi connectivity index (χ2v) is 4.72. The fraction of sp³-hybridized carbons (Fsp3) is 0.900. The lowest BCUT2D eigenvalue weighted by atomic mass is 9.66. The molecule has 0 bridgehead atoms. The van der Waals surface area contributed by atoms with Gasteiger partial charge < -0.3 is 11.1 Å². The van der Waals surface area contributed by atoms with Crippen LogP contribution in [0.1, 0.15) is 34.6 Å². The molecule has 78 valence electrons. The minimum atomic E-state index is -0.242. The fourth-order valence-electron chi connectivity index (χ4n) is 1.22. The van der Waals surface area contributed by atoms with E-state index in [-0.39, 0.29) is 22.8 Å². The first kappa shape index (κ1) is 12.4. The van der Waals surface area contributed by atoms with Gasteiger partial charge in [-0.15, -0.1) is 0 Å². The lowest BCUT2D eigenvalue weighted by Crippen LogP contribution is -2.55. The van der Waals surface area contributed by atoms with E-state index >= 15 is 0 Å². The first-order valence-corrected chi connectivity index (χ1v) is 4.65. The number of carbonyl (C=O) groups excluding carboxylic acids is 1. The summed E-state index contributed by atoms with van der Waals surface area (Å²) in [6, 6.07) is 0. The van der Waals surface area contributed by atoms with Gasteiger partial charge in [0, 0.05) is 11.5 Å². The number of carbonyl (C=O) groups is 1. The molecular formula is C10H22N2O. The first-order valence-electron chi connectivity index (χ1n) is 4.65. The SMILES string of the molecule is CNC(C)(C)C(C)(C)C(C)C(N)=O. The predicted octanol–water partition coefficient (Wildman–Crippen LogP) is 1.13.